The SMILES string of the molecule is CC1(C)CCN(c2nccnc2Cl)CC1. The highest BCUT2D eigenvalue weighted by Gasteiger charge is 2.26. The van der Waals surface area contributed by atoms with Gasteiger partial charge in [0.05, 0.1) is 0 Å². The molecular formula is C11H16ClN3. The van der Waals surface area contributed by atoms with E-state index >= 15 is 0 Å². The van der Waals surface area contributed by atoms with E-state index in [1.165, 1.54) is 12.8 Å². The van der Waals surface area contributed by atoms with Crippen LogP contribution in [0.5, 0.6) is 0 Å². The summed E-state index contributed by atoms with van der Waals surface area (Å²) in [7, 11) is 0. The summed E-state index contributed by atoms with van der Waals surface area (Å²) in [5.74, 6) is 0.828. The predicted molar refractivity (Wildman–Crippen MR) is 62.3 cm³/mol. The van der Waals surface area contributed by atoms with Crippen LogP contribution in [0, 0.1) is 5.41 Å². The Balaban J connectivity index is 2.11. The first-order chi connectivity index (χ1) is 7.08. The maximum absolute atomic E-state index is 6.01. The molecule has 2 heterocycles. The highest BCUT2D eigenvalue weighted by atomic mass is 35.5. The molecule has 0 atom stereocenters. The molecule has 0 unspecified atom stereocenters. The van der Waals surface area contributed by atoms with Gasteiger partial charge in [-0.25, -0.2) is 9.97 Å². The molecule has 1 aliphatic rings. The van der Waals surface area contributed by atoms with E-state index in [2.05, 4.69) is 28.7 Å². The van der Waals surface area contributed by atoms with Gasteiger partial charge in [-0.2, -0.15) is 0 Å². The minimum absolute atomic E-state index is 0.450. The first-order valence-electron chi connectivity index (χ1n) is 5.30. The first-order valence-corrected chi connectivity index (χ1v) is 5.68. The van der Waals surface area contributed by atoms with Gasteiger partial charge >= 0.3 is 0 Å². The third-order valence-electron chi connectivity index (χ3n) is 3.05. The Morgan fingerprint density at radius 3 is 2.40 bits per heavy atom. The molecule has 0 spiro atoms. The third-order valence-corrected chi connectivity index (χ3v) is 3.32. The fourth-order valence-corrected chi connectivity index (χ4v) is 2.07. The number of hydrogen-bond donors (Lipinski definition) is 0. The van der Waals surface area contributed by atoms with Crippen LogP contribution >= 0.6 is 11.6 Å². The lowest BCUT2D eigenvalue weighted by Crippen LogP contribution is -2.37. The number of rotatable bonds is 1. The maximum Gasteiger partial charge on any atom is 0.171 e. The van der Waals surface area contributed by atoms with E-state index in [4.69, 9.17) is 11.6 Å². The zero-order valence-electron chi connectivity index (χ0n) is 9.20. The van der Waals surface area contributed by atoms with Crippen molar-refractivity contribution in [2.45, 2.75) is 26.7 Å². The first kappa shape index (κ1) is 10.7. The van der Waals surface area contributed by atoms with Gasteiger partial charge in [0.15, 0.2) is 11.0 Å². The van der Waals surface area contributed by atoms with Crippen molar-refractivity contribution < 1.29 is 0 Å². The van der Waals surface area contributed by atoms with E-state index in [-0.39, 0.29) is 0 Å². The van der Waals surface area contributed by atoms with Crippen molar-refractivity contribution in [1.29, 1.82) is 0 Å². The molecule has 1 fully saturated rings. The summed E-state index contributed by atoms with van der Waals surface area (Å²) in [6, 6.07) is 0. The molecule has 0 amide bonds. The summed E-state index contributed by atoms with van der Waals surface area (Å²) >= 11 is 6.01. The zero-order chi connectivity index (χ0) is 10.9. The Morgan fingerprint density at radius 1 is 1.20 bits per heavy atom. The summed E-state index contributed by atoms with van der Waals surface area (Å²) in [6.07, 6.45) is 5.68. The van der Waals surface area contributed by atoms with Crippen LogP contribution in [-0.4, -0.2) is 23.1 Å². The van der Waals surface area contributed by atoms with Gasteiger partial charge in [-0.3, -0.25) is 0 Å². The van der Waals surface area contributed by atoms with E-state index in [1.54, 1.807) is 12.4 Å². The van der Waals surface area contributed by atoms with E-state index < -0.39 is 0 Å². The van der Waals surface area contributed by atoms with Gasteiger partial charge in [-0.1, -0.05) is 25.4 Å². The topological polar surface area (TPSA) is 29.0 Å². The molecule has 1 aliphatic heterocycles. The molecule has 3 nitrogen and oxygen atoms in total. The van der Waals surface area contributed by atoms with Gasteiger partial charge in [0.25, 0.3) is 0 Å². The summed E-state index contributed by atoms with van der Waals surface area (Å²) in [6.45, 7) is 6.65. The van der Waals surface area contributed by atoms with Crippen LogP contribution < -0.4 is 4.90 Å². The maximum atomic E-state index is 6.01. The highest BCUT2D eigenvalue weighted by Crippen LogP contribution is 2.32. The summed E-state index contributed by atoms with van der Waals surface area (Å²) < 4.78 is 0. The van der Waals surface area contributed by atoms with E-state index in [9.17, 15) is 0 Å². The van der Waals surface area contributed by atoms with Crippen molar-refractivity contribution >= 4 is 17.4 Å². The van der Waals surface area contributed by atoms with Crippen LogP contribution in [0.4, 0.5) is 5.82 Å². The Kier molecular flexibility index (Phi) is 2.83. The zero-order valence-corrected chi connectivity index (χ0v) is 9.96. The fraction of sp³-hybridized carbons (Fsp3) is 0.636. The second-order valence-electron chi connectivity index (χ2n) is 4.82. The Hall–Kier alpha value is -0.830. The number of halogens is 1. The fourth-order valence-electron chi connectivity index (χ4n) is 1.85. The van der Waals surface area contributed by atoms with Gasteiger partial charge in [0.1, 0.15) is 0 Å². The summed E-state index contributed by atoms with van der Waals surface area (Å²) in [5.41, 5.74) is 0.450. The number of anilines is 1. The van der Waals surface area contributed by atoms with Crippen molar-refractivity contribution in [3.63, 3.8) is 0 Å². The lowest BCUT2D eigenvalue weighted by molar-refractivity contribution is 0.279. The molecular weight excluding hydrogens is 210 g/mol. The third kappa shape index (κ3) is 2.40. The Labute approximate surface area is 95.5 Å². The highest BCUT2D eigenvalue weighted by molar-refractivity contribution is 6.31. The average molecular weight is 226 g/mol. The quantitative estimate of drug-likeness (QED) is 0.736. The molecule has 1 aromatic rings. The minimum atomic E-state index is 0.450. The van der Waals surface area contributed by atoms with Crippen LogP contribution in [0.15, 0.2) is 12.4 Å². The second-order valence-corrected chi connectivity index (χ2v) is 5.18. The molecule has 15 heavy (non-hydrogen) atoms. The second kappa shape index (κ2) is 3.97. The smallest absolute Gasteiger partial charge is 0.171 e. The monoisotopic (exact) mass is 225 g/mol. The summed E-state index contributed by atoms with van der Waals surface area (Å²) in [5, 5.41) is 0.511. The number of aromatic nitrogens is 2. The van der Waals surface area contributed by atoms with Crippen molar-refractivity contribution in [2.24, 2.45) is 5.41 Å². The molecule has 2 rings (SSSR count). The van der Waals surface area contributed by atoms with Crippen LogP contribution in [-0.2, 0) is 0 Å². The van der Waals surface area contributed by atoms with Crippen molar-refractivity contribution in [3.8, 4) is 0 Å². The van der Waals surface area contributed by atoms with Crippen LogP contribution in [0.25, 0.3) is 0 Å². The van der Waals surface area contributed by atoms with Crippen LogP contribution in [0.2, 0.25) is 5.15 Å². The van der Waals surface area contributed by atoms with Crippen molar-refractivity contribution in [2.75, 3.05) is 18.0 Å². The average Bonchev–Trinajstić information content (AvgIpc) is 2.19. The number of nitrogens with zero attached hydrogens (tertiary/aromatic N) is 3. The normalized spacial score (nSPS) is 20.3. The molecule has 82 valence electrons. The number of hydrogen-bond acceptors (Lipinski definition) is 3. The lowest BCUT2D eigenvalue weighted by atomic mass is 9.83. The molecule has 4 heteroatoms. The van der Waals surface area contributed by atoms with Gasteiger partial charge in [-0.05, 0) is 18.3 Å². The molecule has 0 radical (unpaired) electrons. The van der Waals surface area contributed by atoms with Gasteiger partial charge in [0, 0.05) is 25.5 Å². The van der Waals surface area contributed by atoms with Crippen molar-refractivity contribution in [3.05, 3.63) is 17.5 Å². The van der Waals surface area contributed by atoms with E-state index in [0.717, 1.165) is 18.9 Å². The van der Waals surface area contributed by atoms with Crippen LogP contribution in [0.1, 0.15) is 26.7 Å². The molecule has 0 bridgehead atoms. The van der Waals surface area contributed by atoms with Gasteiger partial charge in [-0.15, -0.1) is 0 Å². The molecule has 0 N–H and O–H groups in total. The van der Waals surface area contributed by atoms with Gasteiger partial charge < -0.3 is 4.90 Å². The molecule has 0 aliphatic carbocycles. The minimum Gasteiger partial charge on any atom is -0.354 e. The van der Waals surface area contributed by atoms with E-state index in [0.29, 0.717) is 10.6 Å². The van der Waals surface area contributed by atoms with Crippen molar-refractivity contribution in [1.82, 2.24) is 9.97 Å². The molecule has 0 saturated carbocycles. The van der Waals surface area contributed by atoms with Crippen LogP contribution in [0.3, 0.4) is 0 Å². The van der Waals surface area contributed by atoms with E-state index in [1.807, 2.05) is 0 Å². The largest absolute Gasteiger partial charge is 0.354 e. The molecule has 0 aromatic carbocycles. The summed E-state index contributed by atoms with van der Waals surface area (Å²) in [4.78, 5) is 10.6. The molecule has 1 aromatic heterocycles. The Morgan fingerprint density at radius 2 is 1.80 bits per heavy atom. The standard InChI is InChI=1S/C11H16ClN3/c1-11(2)3-7-15(8-4-11)10-9(12)13-5-6-14-10/h5-6H,3-4,7-8H2,1-2H3. The Bertz CT molecular complexity index is 341. The molecule has 1 saturated heterocycles. The predicted octanol–water partition coefficient (Wildman–Crippen LogP) is 2.76. The number of piperidine rings is 1. The lowest BCUT2D eigenvalue weighted by Gasteiger charge is -2.37. The van der Waals surface area contributed by atoms with Gasteiger partial charge in [0.2, 0.25) is 0 Å².